The molecule has 0 atom stereocenters. The van der Waals surface area contributed by atoms with E-state index in [0.717, 1.165) is 11.0 Å². The molecular formula is C15H16BrNS. The molecule has 0 aliphatic carbocycles. The summed E-state index contributed by atoms with van der Waals surface area (Å²) in [7, 11) is 0. The molecule has 1 nitrogen and oxygen atoms in total. The zero-order valence-electron chi connectivity index (χ0n) is 10.5. The van der Waals surface area contributed by atoms with Crippen LogP contribution in [0.25, 0.3) is 0 Å². The molecule has 2 rings (SSSR count). The first-order valence-corrected chi connectivity index (χ1v) is 7.84. The van der Waals surface area contributed by atoms with Gasteiger partial charge >= 0.3 is 0 Å². The van der Waals surface area contributed by atoms with E-state index in [4.69, 9.17) is 0 Å². The molecule has 1 N–H and O–H groups in total. The number of halogens is 1. The highest BCUT2D eigenvalue weighted by atomic mass is 79.9. The van der Waals surface area contributed by atoms with Crippen molar-refractivity contribution < 1.29 is 0 Å². The lowest BCUT2D eigenvalue weighted by atomic mass is 10.2. The van der Waals surface area contributed by atoms with E-state index >= 15 is 0 Å². The summed E-state index contributed by atoms with van der Waals surface area (Å²) >= 11 is 5.25. The van der Waals surface area contributed by atoms with E-state index in [1.54, 1.807) is 11.8 Å². The SMILES string of the molecule is CSc1ccc(CNc2ccc(Br)cc2C)cc1. The van der Waals surface area contributed by atoms with Gasteiger partial charge in [0.05, 0.1) is 0 Å². The van der Waals surface area contributed by atoms with Crippen LogP contribution in [-0.2, 0) is 6.54 Å². The normalized spacial score (nSPS) is 10.4. The fourth-order valence-electron chi connectivity index (χ4n) is 1.77. The Kier molecular flexibility index (Phi) is 4.72. The van der Waals surface area contributed by atoms with Crippen molar-refractivity contribution in [1.29, 1.82) is 0 Å². The lowest BCUT2D eigenvalue weighted by Crippen LogP contribution is -2.00. The maximum Gasteiger partial charge on any atom is 0.0400 e. The van der Waals surface area contributed by atoms with E-state index in [0.29, 0.717) is 0 Å². The van der Waals surface area contributed by atoms with Crippen LogP contribution in [0.5, 0.6) is 0 Å². The van der Waals surface area contributed by atoms with Crippen molar-refractivity contribution >= 4 is 33.4 Å². The predicted molar refractivity (Wildman–Crippen MR) is 84.4 cm³/mol. The second kappa shape index (κ2) is 6.30. The molecule has 0 radical (unpaired) electrons. The van der Waals surface area contributed by atoms with Crippen LogP contribution >= 0.6 is 27.7 Å². The van der Waals surface area contributed by atoms with Gasteiger partial charge in [0.1, 0.15) is 0 Å². The molecule has 0 aliphatic heterocycles. The number of benzene rings is 2. The Balaban J connectivity index is 2.02. The summed E-state index contributed by atoms with van der Waals surface area (Å²) in [5.74, 6) is 0. The molecule has 0 amide bonds. The average Bonchev–Trinajstić information content (AvgIpc) is 2.38. The highest BCUT2D eigenvalue weighted by molar-refractivity contribution is 9.10. The van der Waals surface area contributed by atoms with Crippen molar-refractivity contribution in [3.63, 3.8) is 0 Å². The van der Waals surface area contributed by atoms with Crippen molar-refractivity contribution in [2.75, 3.05) is 11.6 Å². The molecule has 0 aromatic heterocycles. The molecule has 0 saturated carbocycles. The number of hydrogen-bond acceptors (Lipinski definition) is 2. The summed E-state index contributed by atoms with van der Waals surface area (Å²) in [5, 5.41) is 3.47. The van der Waals surface area contributed by atoms with Gasteiger partial charge in [-0.05, 0) is 54.6 Å². The first-order valence-electron chi connectivity index (χ1n) is 5.82. The topological polar surface area (TPSA) is 12.0 Å². The Labute approximate surface area is 121 Å². The first kappa shape index (κ1) is 13.5. The Morgan fingerprint density at radius 3 is 2.44 bits per heavy atom. The highest BCUT2D eigenvalue weighted by Gasteiger charge is 1.99. The molecular weight excluding hydrogens is 306 g/mol. The molecule has 2 aromatic rings. The van der Waals surface area contributed by atoms with E-state index in [9.17, 15) is 0 Å². The van der Waals surface area contributed by atoms with Crippen molar-refractivity contribution in [3.05, 3.63) is 58.1 Å². The number of aryl methyl sites for hydroxylation is 1. The van der Waals surface area contributed by atoms with Crippen LogP contribution in [0.3, 0.4) is 0 Å². The second-order valence-electron chi connectivity index (χ2n) is 4.16. The molecule has 18 heavy (non-hydrogen) atoms. The van der Waals surface area contributed by atoms with Gasteiger partial charge in [0.15, 0.2) is 0 Å². The third-order valence-corrected chi connectivity index (χ3v) is 4.07. The molecule has 0 saturated heterocycles. The minimum atomic E-state index is 0.858. The Bertz CT molecular complexity index is 523. The van der Waals surface area contributed by atoms with Gasteiger partial charge in [0.25, 0.3) is 0 Å². The summed E-state index contributed by atoms with van der Waals surface area (Å²) in [5.41, 5.74) is 3.74. The Morgan fingerprint density at radius 2 is 1.83 bits per heavy atom. The van der Waals surface area contributed by atoms with Crippen LogP contribution in [0.2, 0.25) is 0 Å². The highest BCUT2D eigenvalue weighted by Crippen LogP contribution is 2.21. The summed E-state index contributed by atoms with van der Waals surface area (Å²) in [6, 6.07) is 15.0. The lowest BCUT2D eigenvalue weighted by Gasteiger charge is -2.10. The fraction of sp³-hybridized carbons (Fsp3) is 0.200. The number of hydrogen-bond donors (Lipinski definition) is 1. The van der Waals surface area contributed by atoms with Crippen LogP contribution in [-0.4, -0.2) is 6.26 Å². The second-order valence-corrected chi connectivity index (χ2v) is 5.96. The minimum absolute atomic E-state index is 0.858. The van der Waals surface area contributed by atoms with Crippen LogP contribution in [0.1, 0.15) is 11.1 Å². The molecule has 2 aromatic carbocycles. The van der Waals surface area contributed by atoms with Crippen LogP contribution < -0.4 is 5.32 Å². The standard InChI is InChI=1S/C15H16BrNS/c1-11-9-13(16)5-8-15(11)17-10-12-3-6-14(18-2)7-4-12/h3-9,17H,10H2,1-2H3. The van der Waals surface area contributed by atoms with E-state index in [1.807, 2.05) is 0 Å². The van der Waals surface area contributed by atoms with Crippen molar-refractivity contribution in [1.82, 2.24) is 0 Å². The number of rotatable bonds is 4. The Hall–Kier alpha value is -0.930. The molecule has 3 heteroatoms. The monoisotopic (exact) mass is 321 g/mol. The first-order chi connectivity index (χ1) is 8.69. The molecule has 0 fully saturated rings. The van der Waals surface area contributed by atoms with Gasteiger partial charge < -0.3 is 5.32 Å². The molecule has 94 valence electrons. The Morgan fingerprint density at radius 1 is 1.11 bits per heavy atom. The summed E-state index contributed by atoms with van der Waals surface area (Å²) in [4.78, 5) is 1.30. The molecule has 0 heterocycles. The number of anilines is 1. The summed E-state index contributed by atoms with van der Waals surface area (Å²) < 4.78 is 1.12. The molecule has 0 bridgehead atoms. The van der Waals surface area contributed by atoms with E-state index in [-0.39, 0.29) is 0 Å². The van der Waals surface area contributed by atoms with Gasteiger partial charge in [0, 0.05) is 21.6 Å². The number of thioether (sulfide) groups is 1. The van der Waals surface area contributed by atoms with Gasteiger partial charge in [-0.25, -0.2) is 0 Å². The smallest absolute Gasteiger partial charge is 0.0400 e. The van der Waals surface area contributed by atoms with Gasteiger partial charge in [-0.15, -0.1) is 11.8 Å². The largest absolute Gasteiger partial charge is 0.381 e. The summed E-state index contributed by atoms with van der Waals surface area (Å²) in [6.07, 6.45) is 2.10. The number of nitrogens with one attached hydrogen (secondary N) is 1. The van der Waals surface area contributed by atoms with Gasteiger partial charge in [-0.3, -0.25) is 0 Å². The zero-order valence-corrected chi connectivity index (χ0v) is 12.9. The maximum atomic E-state index is 3.48. The molecule has 0 aliphatic rings. The van der Waals surface area contributed by atoms with Crippen molar-refractivity contribution in [2.24, 2.45) is 0 Å². The average molecular weight is 322 g/mol. The quantitative estimate of drug-likeness (QED) is 0.787. The van der Waals surface area contributed by atoms with Crippen LogP contribution in [0.4, 0.5) is 5.69 Å². The van der Waals surface area contributed by atoms with E-state index in [1.165, 1.54) is 21.7 Å². The van der Waals surface area contributed by atoms with Gasteiger partial charge in [0.2, 0.25) is 0 Å². The lowest BCUT2D eigenvalue weighted by molar-refractivity contribution is 1.13. The van der Waals surface area contributed by atoms with E-state index in [2.05, 4.69) is 76.9 Å². The fourth-order valence-corrected chi connectivity index (χ4v) is 2.65. The van der Waals surface area contributed by atoms with Gasteiger partial charge in [-0.1, -0.05) is 28.1 Å². The van der Waals surface area contributed by atoms with Crippen LogP contribution in [0, 0.1) is 6.92 Å². The zero-order chi connectivity index (χ0) is 13.0. The van der Waals surface area contributed by atoms with E-state index < -0.39 is 0 Å². The summed E-state index contributed by atoms with van der Waals surface area (Å²) in [6.45, 7) is 2.97. The molecule has 0 unspecified atom stereocenters. The maximum absolute atomic E-state index is 3.48. The third kappa shape index (κ3) is 3.53. The molecule has 0 spiro atoms. The predicted octanol–water partition coefficient (Wildman–Crippen LogP) is 5.09. The van der Waals surface area contributed by atoms with Gasteiger partial charge in [-0.2, -0.15) is 0 Å². The van der Waals surface area contributed by atoms with Crippen molar-refractivity contribution in [3.8, 4) is 0 Å². The van der Waals surface area contributed by atoms with Crippen molar-refractivity contribution in [2.45, 2.75) is 18.4 Å². The third-order valence-electron chi connectivity index (χ3n) is 2.83. The minimum Gasteiger partial charge on any atom is -0.381 e. The van der Waals surface area contributed by atoms with Crippen LogP contribution in [0.15, 0.2) is 51.8 Å².